The topological polar surface area (TPSA) is 39.2 Å². The number of hydrogen-bond acceptors (Lipinski definition) is 4. The van der Waals surface area contributed by atoms with Crippen molar-refractivity contribution in [3.63, 3.8) is 0 Å². The lowest BCUT2D eigenvalue weighted by Crippen LogP contribution is -1.84. The van der Waals surface area contributed by atoms with E-state index in [2.05, 4.69) is 11.6 Å². The molecular formula is C9H9NO2S. The fourth-order valence-corrected chi connectivity index (χ4v) is 1.52. The van der Waals surface area contributed by atoms with E-state index >= 15 is 0 Å². The van der Waals surface area contributed by atoms with Gasteiger partial charge in [0, 0.05) is 6.20 Å². The van der Waals surface area contributed by atoms with Crippen LogP contribution >= 0.6 is 11.3 Å². The number of aromatic nitrogens is 1. The molecule has 0 unspecified atom stereocenters. The van der Waals surface area contributed by atoms with Crippen LogP contribution in [-0.2, 0) is 4.74 Å². The number of carbonyl (C=O) groups is 1. The van der Waals surface area contributed by atoms with Crippen molar-refractivity contribution in [2.24, 2.45) is 0 Å². The summed E-state index contributed by atoms with van der Waals surface area (Å²) in [5.74, 6) is 0.619. The lowest BCUT2D eigenvalue weighted by atomic mass is 10.4. The summed E-state index contributed by atoms with van der Waals surface area (Å²) in [5, 5.41) is 0.685. The maximum Gasteiger partial charge on any atom is 0.161 e. The highest BCUT2D eigenvalue weighted by molar-refractivity contribution is 7.14. The van der Waals surface area contributed by atoms with Gasteiger partial charge in [0.15, 0.2) is 17.1 Å². The zero-order valence-corrected chi connectivity index (χ0v) is 8.00. The third-order valence-corrected chi connectivity index (χ3v) is 2.28. The molecule has 0 aliphatic heterocycles. The Morgan fingerprint density at radius 2 is 2.54 bits per heavy atom. The third-order valence-electron chi connectivity index (χ3n) is 1.34. The molecule has 3 nitrogen and oxygen atoms in total. The molecule has 0 aliphatic carbocycles. The SMILES string of the molecule is C=C/C=C(\OC)c1ncc(C=O)s1. The van der Waals surface area contributed by atoms with E-state index in [1.165, 1.54) is 17.5 Å². The quantitative estimate of drug-likeness (QED) is 0.419. The van der Waals surface area contributed by atoms with Gasteiger partial charge in [-0.05, 0) is 6.08 Å². The van der Waals surface area contributed by atoms with Crippen molar-refractivity contribution in [1.29, 1.82) is 0 Å². The number of carbonyl (C=O) groups excluding carboxylic acids is 1. The zero-order valence-electron chi connectivity index (χ0n) is 7.19. The number of aldehydes is 1. The van der Waals surface area contributed by atoms with Crippen molar-refractivity contribution < 1.29 is 9.53 Å². The minimum atomic E-state index is 0.585. The van der Waals surface area contributed by atoms with E-state index in [1.807, 2.05) is 0 Å². The molecule has 1 rings (SSSR count). The molecule has 0 saturated heterocycles. The molecule has 0 aromatic carbocycles. The zero-order chi connectivity index (χ0) is 9.68. The van der Waals surface area contributed by atoms with Gasteiger partial charge in [0.1, 0.15) is 0 Å². The van der Waals surface area contributed by atoms with E-state index < -0.39 is 0 Å². The van der Waals surface area contributed by atoms with Gasteiger partial charge in [0.25, 0.3) is 0 Å². The van der Waals surface area contributed by atoms with E-state index in [0.29, 0.717) is 15.6 Å². The maximum atomic E-state index is 10.4. The van der Waals surface area contributed by atoms with Crippen molar-refractivity contribution in [3.05, 3.63) is 34.8 Å². The Morgan fingerprint density at radius 3 is 3.00 bits per heavy atom. The smallest absolute Gasteiger partial charge is 0.161 e. The Balaban J connectivity index is 2.98. The Morgan fingerprint density at radius 1 is 1.77 bits per heavy atom. The van der Waals surface area contributed by atoms with E-state index in [1.54, 1.807) is 19.3 Å². The van der Waals surface area contributed by atoms with Crippen LogP contribution in [0.15, 0.2) is 24.9 Å². The van der Waals surface area contributed by atoms with E-state index in [9.17, 15) is 4.79 Å². The van der Waals surface area contributed by atoms with Gasteiger partial charge < -0.3 is 4.74 Å². The van der Waals surface area contributed by atoms with Crippen molar-refractivity contribution in [3.8, 4) is 0 Å². The Hall–Kier alpha value is -1.42. The van der Waals surface area contributed by atoms with E-state index in [4.69, 9.17) is 4.74 Å². The van der Waals surface area contributed by atoms with E-state index in [-0.39, 0.29) is 0 Å². The van der Waals surface area contributed by atoms with Crippen LogP contribution in [0.3, 0.4) is 0 Å². The number of rotatable bonds is 4. The summed E-state index contributed by atoms with van der Waals surface area (Å²) in [7, 11) is 1.55. The van der Waals surface area contributed by atoms with Gasteiger partial charge in [0.05, 0.1) is 12.0 Å². The summed E-state index contributed by atoms with van der Waals surface area (Å²) >= 11 is 1.29. The lowest BCUT2D eigenvalue weighted by Gasteiger charge is -1.98. The molecule has 4 heteroatoms. The van der Waals surface area contributed by atoms with Crippen LogP contribution in [0.4, 0.5) is 0 Å². The number of nitrogens with zero attached hydrogens (tertiary/aromatic N) is 1. The Bertz CT molecular complexity index is 341. The summed E-state index contributed by atoms with van der Waals surface area (Å²) in [6, 6.07) is 0. The molecule has 0 bridgehead atoms. The molecule has 0 spiro atoms. The minimum absolute atomic E-state index is 0.585. The predicted octanol–water partition coefficient (Wildman–Crippen LogP) is 2.13. The molecular weight excluding hydrogens is 186 g/mol. The van der Waals surface area contributed by atoms with E-state index in [0.717, 1.165) is 6.29 Å². The standard InChI is InChI=1S/C9H9NO2S/c1-3-4-8(12-2)9-10-5-7(6-11)13-9/h3-6H,1H2,2H3/b8-4-. The van der Waals surface area contributed by atoms with Crippen LogP contribution in [0.5, 0.6) is 0 Å². The van der Waals surface area contributed by atoms with Gasteiger partial charge in [-0.2, -0.15) is 0 Å². The van der Waals surface area contributed by atoms with Crippen molar-refractivity contribution in [2.45, 2.75) is 0 Å². The highest BCUT2D eigenvalue weighted by Gasteiger charge is 2.05. The van der Waals surface area contributed by atoms with Crippen LogP contribution in [0.1, 0.15) is 14.7 Å². The van der Waals surface area contributed by atoms with Crippen LogP contribution in [0, 0.1) is 0 Å². The molecule has 0 fully saturated rings. The minimum Gasteiger partial charge on any atom is -0.494 e. The molecule has 0 radical (unpaired) electrons. The third kappa shape index (κ3) is 2.26. The van der Waals surface area contributed by atoms with Crippen LogP contribution in [-0.4, -0.2) is 18.4 Å². The van der Waals surface area contributed by atoms with Crippen molar-refractivity contribution >= 4 is 23.4 Å². The second-order valence-electron chi connectivity index (χ2n) is 2.16. The van der Waals surface area contributed by atoms with Gasteiger partial charge in [-0.1, -0.05) is 12.7 Å². The largest absolute Gasteiger partial charge is 0.494 e. The summed E-state index contributed by atoms with van der Waals surface area (Å²) in [6.07, 6.45) is 5.60. The number of ether oxygens (including phenoxy) is 1. The number of hydrogen-bond donors (Lipinski definition) is 0. The molecule has 0 aliphatic rings. The summed E-state index contributed by atoms with van der Waals surface area (Å²) in [5.41, 5.74) is 0. The molecule has 13 heavy (non-hydrogen) atoms. The first-order valence-electron chi connectivity index (χ1n) is 3.60. The maximum absolute atomic E-state index is 10.4. The van der Waals surface area contributed by atoms with Gasteiger partial charge in [0.2, 0.25) is 0 Å². The molecule has 0 atom stereocenters. The number of methoxy groups -OCH3 is 1. The number of allylic oxidation sites excluding steroid dienone is 2. The lowest BCUT2D eigenvalue weighted by molar-refractivity contribution is 0.112. The normalized spacial score (nSPS) is 11.0. The summed E-state index contributed by atoms with van der Waals surface area (Å²) in [4.78, 5) is 15.0. The Kier molecular flexibility index (Phi) is 3.40. The summed E-state index contributed by atoms with van der Waals surface area (Å²) in [6.45, 7) is 3.55. The van der Waals surface area contributed by atoms with Crippen LogP contribution in [0.25, 0.3) is 5.76 Å². The first-order chi connectivity index (χ1) is 6.31. The fraction of sp³-hybridized carbons (Fsp3) is 0.111. The van der Waals surface area contributed by atoms with Crippen LogP contribution in [0.2, 0.25) is 0 Å². The highest BCUT2D eigenvalue weighted by atomic mass is 32.1. The fourth-order valence-electron chi connectivity index (χ4n) is 0.789. The molecule has 1 aromatic rings. The van der Waals surface area contributed by atoms with Crippen molar-refractivity contribution in [2.75, 3.05) is 7.11 Å². The second-order valence-corrected chi connectivity index (χ2v) is 3.22. The Labute approximate surface area is 80.4 Å². The average Bonchev–Trinajstić information content (AvgIpc) is 2.62. The van der Waals surface area contributed by atoms with Gasteiger partial charge >= 0.3 is 0 Å². The number of thiazole rings is 1. The molecule has 0 amide bonds. The van der Waals surface area contributed by atoms with Gasteiger partial charge in [-0.15, -0.1) is 11.3 Å². The van der Waals surface area contributed by atoms with Crippen molar-refractivity contribution in [1.82, 2.24) is 4.98 Å². The first kappa shape index (κ1) is 9.67. The molecule has 68 valence electrons. The molecule has 1 heterocycles. The first-order valence-corrected chi connectivity index (χ1v) is 4.41. The molecule has 0 saturated carbocycles. The second kappa shape index (κ2) is 4.57. The van der Waals surface area contributed by atoms with Gasteiger partial charge in [-0.25, -0.2) is 4.98 Å². The molecule has 1 aromatic heterocycles. The van der Waals surface area contributed by atoms with Gasteiger partial charge in [-0.3, -0.25) is 4.79 Å². The van der Waals surface area contributed by atoms with Crippen LogP contribution < -0.4 is 0 Å². The summed E-state index contributed by atoms with van der Waals surface area (Å²) < 4.78 is 5.06. The average molecular weight is 195 g/mol. The molecule has 0 N–H and O–H groups in total. The monoisotopic (exact) mass is 195 g/mol. The predicted molar refractivity (Wildman–Crippen MR) is 52.7 cm³/mol. The highest BCUT2D eigenvalue weighted by Crippen LogP contribution is 2.20.